The summed E-state index contributed by atoms with van der Waals surface area (Å²) in [5, 5.41) is 21.6. The second-order valence-corrected chi connectivity index (χ2v) is 10.6. The average Bonchev–Trinajstić information content (AvgIpc) is 3.10. The Morgan fingerprint density at radius 2 is 1.53 bits per heavy atom. The van der Waals surface area contributed by atoms with E-state index in [1.54, 1.807) is 36.4 Å². The molecule has 10 heteroatoms. The van der Waals surface area contributed by atoms with Crippen molar-refractivity contribution in [2.24, 2.45) is 0 Å². The van der Waals surface area contributed by atoms with Gasteiger partial charge in [0, 0.05) is 23.4 Å². The Bertz CT molecular complexity index is 1400. The molecule has 5 rings (SSSR count). The number of amides is 1. The summed E-state index contributed by atoms with van der Waals surface area (Å²) in [6.45, 7) is 7.86. The molecule has 3 aromatic carbocycles. The average molecular weight is 514 g/mol. The van der Waals surface area contributed by atoms with Crippen molar-refractivity contribution in [1.29, 1.82) is 0 Å². The highest BCUT2D eigenvalue weighted by Crippen LogP contribution is 2.45. The molecule has 0 spiro atoms. The van der Waals surface area contributed by atoms with Gasteiger partial charge >= 0.3 is 13.1 Å². The standard InChI is InChI=1S/C28H27BN2O7/c1-27(2)28(3,4)38-29(37-27)18-11-9-17(10-12-18)24-23(26(33)34)21-7-5-6-8-22(21)25(32)30(24)19-13-15-20(16-14-19)31(35)36/h5-16,23-24H,1-4H3,(H,33,34)/t23-,24-/m1/s1. The van der Waals surface area contributed by atoms with Crippen LogP contribution in [0.2, 0.25) is 0 Å². The highest BCUT2D eigenvalue weighted by molar-refractivity contribution is 6.62. The summed E-state index contributed by atoms with van der Waals surface area (Å²) in [5.74, 6) is -2.54. The monoisotopic (exact) mass is 514 g/mol. The van der Waals surface area contributed by atoms with Crippen molar-refractivity contribution in [2.45, 2.75) is 50.9 Å². The number of nitro benzene ring substituents is 1. The molecule has 1 amide bonds. The molecule has 38 heavy (non-hydrogen) atoms. The molecule has 2 atom stereocenters. The molecule has 2 aliphatic rings. The van der Waals surface area contributed by atoms with Gasteiger partial charge in [-0.05, 0) is 62.5 Å². The molecule has 0 bridgehead atoms. The summed E-state index contributed by atoms with van der Waals surface area (Å²) < 4.78 is 12.3. The van der Waals surface area contributed by atoms with Gasteiger partial charge in [0.1, 0.15) is 5.92 Å². The van der Waals surface area contributed by atoms with Gasteiger partial charge in [0.2, 0.25) is 0 Å². The number of carbonyl (C=O) groups excluding carboxylic acids is 1. The Hall–Kier alpha value is -4.02. The van der Waals surface area contributed by atoms with Gasteiger partial charge in [0.15, 0.2) is 0 Å². The van der Waals surface area contributed by atoms with Gasteiger partial charge in [-0.15, -0.1) is 0 Å². The molecule has 1 N–H and O–H groups in total. The number of non-ortho nitro benzene ring substituents is 1. The molecule has 0 aromatic heterocycles. The number of anilines is 1. The van der Waals surface area contributed by atoms with Crippen molar-refractivity contribution < 1.29 is 28.9 Å². The third-order valence-corrected chi connectivity index (χ3v) is 7.75. The Balaban J connectivity index is 1.60. The number of nitrogens with zero attached hydrogens (tertiary/aromatic N) is 2. The molecule has 0 aliphatic carbocycles. The molecule has 1 fully saturated rings. The lowest BCUT2D eigenvalue weighted by Gasteiger charge is -2.40. The molecule has 9 nitrogen and oxygen atoms in total. The van der Waals surface area contributed by atoms with Crippen LogP contribution in [0.5, 0.6) is 0 Å². The maximum Gasteiger partial charge on any atom is 0.494 e. The Morgan fingerprint density at radius 1 is 0.947 bits per heavy atom. The van der Waals surface area contributed by atoms with Crippen LogP contribution in [-0.2, 0) is 14.1 Å². The minimum Gasteiger partial charge on any atom is -0.481 e. The number of fused-ring (bicyclic) bond motifs is 1. The van der Waals surface area contributed by atoms with Gasteiger partial charge in [0.25, 0.3) is 11.6 Å². The van der Waals surface area contributed by atoms with E-state index in [1.807, 2.05) is 39.8 Å². The first kappa shape index (κ1) is 25.6. The third kappa shape index (κ3) is 4.15. The van der Waals surface area contributed by atoms with Crippen LogP contribution < -0.4 is 10.4 Å². The second kappa shape index (κ2) is 9.07. The number of hydrogen-bond donors (Lipinski definition) is 1. The van der Waals surface area contributed by atoms with E-state index in [2.05, 4.69) is 0 Å². The first-order chi connectivity index (χ1) is 17.9. The fourth-order valence-electron chi connectivity index (χ4n) is 4.99. The minimum atomic E-state index is -1.09. The summed E-state index contributed by atoms with van der Waals surface area (Å²) in [7, 11) is -0.594. The maximum atomic E-state index is 13.8. The van der Waals surface area contributed by atoms with Crippen LogP contribution in [-0.4, -0.2) is 40.2 Å². The molecule has 194 valence electrons. The maximum absolute atomic E-state index is 13.8. The molecule has 0 radical (unpaired) electrons. The number of aliphatic carboxylic acids is 1. The number of carboxylic acids is 1. The first-order valence-electron chi connectivity index (χ1n) is 12.3. The smallest absolute Gasteiger partial charge is 0.481 e. The molecule has 2 aliphatic heterocycles. The van der Waals surface area contributed by atoms with Crippen molar-refractivity contribution in [3.63, 3.8) is 0 Å². The number of hydrogen-bond acceptors (Lipinski definition) is 6. The van der Waals surface area contributed by atoms with E-state index in [0.717, 1.165) is 5.46 Å². The molecule has 1 saturated heterocycles. The molecular weight excluding hydrogens is 487 g/mol. The molecular formula is C28H27BN2O7. The SMILES string of the molecule is CC1(C)OB(c2ccc([C@@H]3[C@H](C(=O)O)c4ccccc4C(=O)N3c3ccc([N+](=O)[O-])cc3)cc2)OC1(C)C. The largest absolute Gasteiger partial charge is 0.494 e. The highest BCUT2D eigenvalue weighted by Gasteiger charge is 2.52. The van der Waals surface area contributed by atoms with Crippen molar-refractivity contribution in [2.75, 3.05) is 4.90 Å². The van der Waals surface area contributed by atoms with Crippen molar-refractivity contribution in [1.82, 2.24) is 0 Å². The van der Waals surface area contributed by atoms with Crippen LogP contribution in [0.3, 0.4) is 0 Å². The highest BCUT2D eigenvalue weighted by atomic mass is 16.7. The van der Waals surface area contributed by atoms with Crippen molar-refractivity contribution in [3.05, 3.63) is 99.6 Å². The summed E-state index contributed by atoms with van der Waals surface area (Å²) in [4.78, 5) is 38.5. The van der Waals surface area contributed by atoms with Gasteiger partial charge in [-0.1, -0.05) is 42.5 Å². The van der Waals surface area contributed by atoms with E-state index in [-0.39, 0.29) is 17.2 Å². The van der Waals surface area contributed by atoms with Gasteiger partial charge < -0.3 is 14.4 Å². The summed E-state index contributed by atoms with van der Waals surface area (Å²) >= 11 is 0. The minimum absolute atomic E-state index is 0.128. The van der Waals surface area contributed by atoms with Crippen LogP contribution in [0.25, 0.3) is 0 Å². The fraction of sp³-hybridized carbons (Fsp3) is 0.286. The topological polar surface area (TPSA) is 119 Å². The summed E-state index contributed by atoms with van der Waals surface area (Å²) in [6.07, 6.45) is 0. The predicted octanol–water partition coefficient (Wildman–Crippen LogP) is 4.46. The predicted molar refractivity (Wildman–Crippen MR) is 142 cm³/mol. The van der Waals surface area contributed by atoms with E-state index < -0.39 is 41.2 Å². The number of carbonyl (C=O) groups is 2. The quantitative estimate of drug-likeness (QED) is 0.303. The molecule has 3 aromatic rings. The lowest BCUT2D eigenvalue weighted by Crippen LogP contribution is -2.45. The summed E-state index contributed by atoms with van der Waals surface area (Å²) in [6, 6.07) is 18.5. The zero-order valence-corrected chi connectivity index (χ0v) is 21.5. The van der Waals surface area contributed by atoms with Crippen LogP contribution in [0.1, 0.15) is 61.1 Å². The first-order valence-corrected chi connectivity index (χ1v) is 12.3. The zero-order chi connectivity index (χ0) is 27.4. The van der Waals surface area contributed by atoms with E-state index in [0.29, 0.717) is 16.8 Å². The fourth-order valence-corrected chi connectivity index (χ4v) is 4.99. The van der Waals surface area contributed by atoms with E-state index in [4.69, 9.17) is 9.31 Å². The van der Waals surface area contributed by atoms with Crippen LogP contribution in [0, 0.1) is 10.1 Å². The number of nitro groups is 1. The van der Waals surface area contributed by atoms with Gasteiger partial charge in [-0.25, -0.2) is 0 Å². The zero-order valence-electron chi connectivity index (χ0n) is 21.5. The summed E-state index contributed by atoms with van der Waals surface area (Å²) in [5.41, 5.74) is 1.26. The molecule has 2 heterocycles. The lowest BCUT2D eigenvalue weighted by atomic mass is 9.76. The van der Waals surface area contributed by atoms with Crippen molar-refractivity contribution >= 4 is 35.8 Å². The van der Waals surface area contributed by atoms with Gasteiger partial charge in [0.05, 0.1) is 22.2 Å². The van der Waals surface area contributed by atoms with Gasteiger partial charge in [-0.2, -0.15) is 0 Å². The molecule has 0 unspecified atom stereocenters. The van der Waals surface area contributed by atoms with E-state index in [1.165, 1.54) is 29.2 Å². The Kier molecular flexibility index (Phi) is 6.12. The lowest BCUT2D eigenvalue weighted by molar-refractivity contribution is -0.384. The third-order valence-electron chi connectivity index (χ3n) is 7.75. The number of benzene rings is 3. The van der Waals surface area contributed by atoms with E-state index >= 15 is 0 Å². The Labute approximate surface area is 220 Å². The van der Waals surface area contributed by atoms with Crippen molar-refractivity contribution in [3.8, 4) is 0 Å². The number of rotatable bonds is 5. The van der Waals surface area contributed by atoms with Crippen LogP contribution in [0.15, 0.2) is 72.8 Å². The normalized spacial score (nSPS) is 21.7. The number of carboxylic acid groups (broad SMARTS) is 1. The Morgan fingerprint density at radius 3 is 2.08 bits per heavy atom. The second-order valence-electron chi connectivity index (χ2n) is 10.6. The van der Waals surface area contributed by atoms with Crippen LogP contribution in [0.4, 0.5) is 11.4 Å². The van der Waals surface area contributed by atoms with E-state index in [9.17, 15) is 24.8 Å². The van der Waals surface area contributed by atoms with Gasteiger partial charge in [-0.3, -0.25) is 24.6 Å². The van der Waals surface area contributed by atoms with Crippen LogP contribution >= 0.6 is 0 Å². The molecule has 0 saturated carbocycles.